The van der Waals surface area contributed by atoms with Gasteiger partial charge in [0.05, 0.1) is 12.2 Å². The average Bonchev–Trinajstić information content (AvgIpc) is 3.05. The Balaban J connectivity index is 1.98. The lowest BCUT2D eigenvalue weighted by molar-refractivity contribution is 0.280. The molecule has 0 amide bonds. The van der Waals surface area contributed by atoms with Crippen LogP contribution in [0.15, 0.2) is 30.3 Å². The van der Waals surface area contributed by atoms with Crippen molar-refractivity contribution in [2.45, 2.75) is 97.7 Å². The minimum absolute atomic E-state index is 0.0479. The molecule has 0 aliphatic rings. The van der Waals surface area contributed by atoms with E-state index in [1.165, 1.54) is 68.0 Å². The van der Waals surface area contributed by atoms with E-state index in [0.29, 0.717) is 12.6 Å². The molecule has 2 aromatic rings. The predicted octanol–water partition coefficient (Wildman–Crippen LogP) is 6.55. The van der Waals surface area contributed by atoms with Crippen LogP contribution < -0.4 is 11.1 Å². The van der Waals surface area contributed by atoms with Crippen LogP contribution in [0.5, 0.6) is 0 Å². The highest BCUT2D eigenvalue weighted by Crippen LogP contribution is 2.33. The molecule has 28 heavy (non-hydrogen) atoms. The van der Waals surface area contributed by atoms with Gasteiger partial charge in [-0.1, -0.05) is 83.9 Å². The van der Waals surface area contributed by atoms with Crippen LogP contribution in [-0.4, -0.2) is 11.1 Å². The van der Waals surface area contributed by atoms with Gasteiger partial charge in [-0.15, -0.1) is 0 Å². The van der Waals surface area contributed by atoms with Crippen molar-refractivity contribution < 1.29 is 0 Å². The number of fused-ring (bicyclic) bond motifs is 1. The van der Waals surface area contributed by atoms with E-state index in [2.05, 4.69) is 67.9 Å². The summed E-state index contributed by atoms with van der Waals surface area (Å²) in [5, 5.41) is 5.20. The summed E-state index contributed by atoms with van der Waals surface area (Å²) in [6, 6.07) is 10.9. The normalized spacial score (nSPS) is 14.1. The lowest BCUT2D eigenvalue weighted by Gasteiger charge is -2.34. The molecule has 2 rings (SSSR count). The van der Waals surface area contributed by atoms with Gasteiger partial charge in [0, 0.05) is 11.2 Å². The van der Waals surface area contributed by atoms with Crippen LogP contribution in [0, 0.1) is 5.92 Å². The van der Waals surface area contributed by atoms with Crippen molar-refractivity contribution in [1.82, 2.24) is 9.88 Å². The molecule has 3 N–H and O–H groups in total. The van der Waals surface area contributed by atoms with Crippen LogP contribution >= 0.6 is 0 Å². The van der Waals surface area contributed by atoms with Crippen LogP contribution in [0.25, 0.3) is 10.9 Å². The summed E-state index contributed by atoms with van der Waals surface area (Å²) in [5.41, 5.74) is 8.68. The zero-order valence-corrected chi connectivity index (χ0v) is 18.8. The van der Waals surface area contributed by atoms with Crippen LogP contribution in [0.4, 0.5) is 0 Å². The Labute approximate surface area is 173 Å². The number of hydrogen-bond acceptors (Lipinski definition) is 2. The highest BCUT2D eigenvalue weighted by atomic mass is 15.1. The lowest BCUT2D eigenvalue weighted by Crippen LogP contribution is -2.43. The molecule has 0 aliphatic carbocycles. The summed E-state index contributed by atoms with van der Waals surface area (Å²) in [4.78, 5) is 0. The standard InChI is InChI=1S/C25H43N3/c1-5-6-7-8-9-10-11-14-17-27-25(4,19-21(2)3)24-18-22-15-12-13-16-23(22)28(24)20-26/h12-13,15-16,18,21,27H,5-11,14,17,19-20,26H2,1-4H3. The van der Waals surface area contributed by atoms with E-state index in [-0.39, 0.29) is 5.54 Å². The highest BCUT2D eigenvalue weighted by molar-refractivity contribution is 5.81. The molecule has 3 nitrogen and oxygen atoms in total. The van der Waals surface area contributed by atoms with Gasteiger partial charge in [-0.2, -0.15) is 0 Å². The Bertz CT molecular complexity index is 688. The van der Waals surface area contributed by atoms with Gasteiger partial charge in [-0.3, -0.25) is 0 Å². The number of aromatic nitrogens is 1. The van der Waals surface area contributed by atoms with Crippen molar-refractivity contribution in [2.75, 3.05) is 6.54 Å². The van der Waals surface area contributed by atoms with E-state index >= 15 is 0 Å². The van der Waals surface area contributed by atoms with E-state index in [1.54, 1.807) is 0 Å². The third-order valence-electron chi connectivity index (χ3n) is 5.92. The first-order valence-corrected chi connectivity index (χ1v) is 11.6. The predicted molar refractivity (Wildman–Crippen MR) is 124 cm³/mol. The van der Waals surface area contributed by atoms with E-state index in [9.17, 15) is 0 Å². The Morgan fingerprint density at radius 2 is 1.64 bits per heavy atom. The molecule has 1 aromatic carbocycles. The molecule has 0 spiro atoms. The number of rotatable bonds is 14. The molecule has 0 bridgehead atoms. The third kappa shape index (κ3) is 6.35. The summed E-state index contributed by atoms with van der Waals surface area (Å²) < 4.78 is 2.29. The van der Waals surface area contributed by atoms with Crippen molar-refractivity contribution in [3.63, 3.8) is 0 Å². The van der Waals surface area contributed by atoms with Crippen molar-refractivity contribution >= 4 is 10.9 Å². The maximum Gasteiger partial charge on any atom is 0.0704 e. The fourth-order valence-electron chi connectivity index (χ4n) is 4.57. The second kappa shape index (κ2) is 11.6. The highest BCUT2D eigenvalue weighted by Gasteiger charge is 2.30. The molecule has 0 fully saturated rings. The molecule has 1 atom stereocenters. The van der Waals surface area contributed by atoms with Gasteiger partial charge in [0.1, 0.15) is 0 Å². The van der Waals surface area contributed by atoms with Crippen molar-refractivity contribution in [3.8, 4) is 0 Å². The number of hydrogen-bond donors (Lipinski definition) is 2. The zero-order chi connectivity index (χ0) is 20.4. The van der Waals surface area contributed by atoms with Gasteiger partial charge in [-0.05, 0) is 49.7 Å². The number of nitrogens with one attached hydrogen (secondary N) is 1. The van der Waals surface area contributed by atoms with Crippen molar-refractivity contribution in [1.29, 1.82) is 0 Å². The first-order valence-electron chi connectivity index (χ1n) is 11.6. The molecule has 0 radical (unpaired) electrons. The SMILES string of the molecule is CCCCCCCCCCNC(C)(CC(C)C)c1cc2ccccc2n1CN. The van der Waals surface area contributed by atoms with Crippen LogP contribution in [0.1, 0.15) is 91.2 Å². The van der Waals surface area contributed by atoms with Gasteiger partial charge >= 0.3 is 0 Å². The Morgan fingerprint density at radius 3 is 2.29 bits per heavy atom. The van der Waals surface area contributed by atoms with Crippen molar-refractivity contribution in [3.05, 3.63) is 36.0 Å². The molecule has 0 saturated carbocycles. The Morgan fingerprint density at radius 1 is 1.00 bits per heavy atom. The first kappa shape index (κ1) is 23.0. The quantitative estimate of drug-likeness (QED) is 0.362. The number of para-hydroxylation sites is 1. The average molecular weight is 386 g/mol. The number of nitrogens with two attached hydrogens (primary N) is 1. The van der Waals surface area contributed by atoms with E-state index < -0.39 is 0 Å². The molecule has 1 aromatic heterocycles. The van der Waals surface area contributed by atoms with E-state index in [0.717, 1.165) is 13.0 Å². The summed E-state index contributed by atoms with van der Waals surface area (Å²) >= 11 is 0. The second-order valence-corrected chi connectivity index (χ2v) is 9.03. The van der Waals surface area contributed by atoms with Gasteiger partial charge in [-0.25, -0.2) is 0 Å². The smallest absolute Gasteiger partial charge is 0.0704 e. The first-order chi connectivity index (χ1) is 13.5. The molecular formula is C25H43N3. The van der Waals surface area contributed by atoms with Gasteiger partial charge < -0.3 is 15.6 Å². The summed E-state index contributed by atoms with van der Waals surface area (Å²) in [5.74, 6) is 0.625. The minimum atomic E-state index is -0.0479. The maximum atomic E-state index is 6.17. The summed E-state index contributed by atoms with van der Waals surface area (Å²) in [6.07, 6.45) is 12.0. The number of unbranched alkanes of at least 4 members (excludes halogenated alkanes) is 7. The van der Waals surface area contributed by atoms with Crippen LogP contribution in [0.3, 0.4) is 0 Å². The Kier molecular flexibility index (Phi) is 9.53. The zero-order valence-electron chi connectivity index (χ0n) is 18.8. The summed E-state index contributed by atoms with van der Waals surface area (Å²) in [7, 11) is 0. The monoisotopic (exact) mass is 385 g/mol. The molecular weight excluding hydrogens is 342 g/mol. The minimum Gasteiger partial charge on any atom is -0.330 e. The lowest BCUT2D eigenvalue weighted by atomic mass is 9.87. The van der Waals surface area contributed by atoms with Crippen molar-refractivity contribution in [2.24, 2.45) is 11.7 Å². The van der Waals surface area contributed by atoms with E-state index in [4.69, 9.17) is 5.73 Å². The fraction of sp³-hybridized carbons (Fsp3) is 0.680. The maximum absolute atomic E-state index is 6.17. The molecule has 158 valence electrons. The molecule has 1 unspecified atom stereocenters. The van der Waals surface area contributed by atoms with Gasteiger partial charge in [0.25, 0.3) is 0 Å². The van der Waals surface area contributed by atoms with Crippen LogP contribution in [-0.2, 0) is 12.2 Å². The fourth-order valence-corrected chi connectivity index (χ4v) is 4.57. The van der Waals surface area contributed by atoms with E-state index in [1.807, 2.05) is 0 Å². The summed E-state index contributed by atoms with van der Waals surface area (Å²) in [6.45, 7) is 10.9. The second-order valence-electron chi connectivity index (χ2n) is 9.03. The molecule has 0 saturated heterocycles. The number of nitrogens with zero attached hydrogens (tertiary/aromatic N) is 1. The molecule has 1 heterocycles. The number of benzene rings is 1. The molecule has 0 aliphatic heterocycles. The topological polar surface area (TPSA) is 43.0 Å². The molecule has 3 heteroatoms. The largest absolute Gasteiger partial charge is 0.330 e. The van der Waals surface area contributed by atoms with Crippen LogP contribution in [0.2, 0.25) is 0 Å². The van der Waals surface area contributed by atoms with Gasteiger partial charge in [0.2, 0.25) is 0 Å². The third-order valence-corrected chi connectivity index (χ3v) is 5.92. The Hall–Kier alpha value is -1.32. The van der Waals surface area contributed by atoms with Gasteiger partial charge in [0.15, 0.2) is 0 Å².